The van der Waals surface area contributed by atoms with Gasteiger partial charge in [0, 0.05) is 14.9 Å². The zero-order valence-corrected chi connectivity index (χ0v) is 12.3. The van der Waals surface area contributed by atoms with Gasteiger partial charge in [0.15, 0.2) is 5.13 Å². The summed E-state index contributed by atoms with van der Waals surface area (Å²) in [6, 6.07) is 14.0. The first-order valence-corrected chi connectivity index (χ1v) is 7.29. The van der Waals surface area contributed by atoms with E-state index in [1.165, 1.54) is 3.57 Å². The van der Waals surface area contributed by atoms with Gasteiger partial charge in [0.05, 0.1) is 10.2 Å². The molecule has 3 nitrogen and oxygen atoms in total. The van der Waals surface area contributed by atoms with Crippen molar-refractivity contribution in [2.45, 2.75) is 0 Å². The van der Waals surface area contributed by atoms with E-state index >= 15 is 0 Å². The van der Waals surface area contributed by atoms with E-state index in [4.69, 9.17) is 5.73 Å². The summed E-state index contributed by atoms with van der Waals surface area (Å²) in [5.41, 5.74) is 8.56. The summed E-state index contributed by atoms with van der Waals surface area (Å²) in [6.45, 7) is 0. The van der Waals surface area contributed by atoms with Crippen molar-refractivity contribution in [3.63, 3.8) is 0 Å². The third-order valence-corrected chi connectivity index (χ3v) is 4.09. The molecule has 3 rings (SSSR count). The van der Waals surface area contributed by atoms with Gasteiger partial charge >= 0.3 is 0 Å². The maximum Gasteiger partial charge on any atom is 0.188 e. The van der Waals surface area contributed by atoms with Gasteiger partial charge in [0.2, 0.25) is 0 Å². The van der Waals surface area contributed by atoms with Gasteiger partial charge in [0.1, 0.15) is 0 Å². The normalized spacial score (nSPS) is 10.7. The van der Waals surface area contributed by atoms with Gasteiger partial charge < -0.3 is 11.1 Å². The zero-order chi connectivity index (χ0) is 12.5. The molecule has 0 spiro atoms. The Morgan fingerprint density at radius 3 is 2.89 bits per heavy atom. The Kier molecular flexibility index (Phi) is 3.09. The highest BCUT2D eigenvalue weighted by molar-refractivity contribution is 14.1. The molecule has 3 N–H and O–H groups in total. The number of nitrogens with one attached hydrogen (secondary N) is 1. The number of anilines is 3. The number of nitrogen functional groups attached to an aromatic ring is 1. The van der Waals surface area contributed by atoms with Gasteiger partial charge in [-0.2, -0.15) is 0 Å². The highest BCUT2D eigenvalue weighted by atomic mass is 127. The van der Waals surface area contributed by atoms with Gasteiger partial charge in [-0.05, 0) is 59.0 Å². The second-order valence-corrected chi connectivity index (χ2v) is 6.16. The van der Waals surface area contributed by atoms with Crippen molar-refractivity contribution in [3.8, 4) is 0 Å². The van der Waals surface area contributed by atoms with Crippen LogP contribution in [0.2, 0.25) is 0 Å². The van der Waals surface area contributed by atoms with Gasteiger partial charge in [-0.25, -0.2) is 4.98 Å². The third kappa shape index (κ3) is 2.41. The molecule has 0 amide bonds. The molecule has 18 heavy (non-hydrogen) atoms. The number of fused-ring (bicyclic) bond motifs is 1. The van der Waals surface area contributed by atoms with E-state index < -0.39 is 0 Å². The molecule has 0 radical (unpaired) electrons. The molecule has 0 saturated carbocycles. The predicted molar refractivity (Wildman–Crippen MR) is 86.5 cm³/mol. The molecule has 0 fully saturated rings. The molecule has 90 valence electrons. The maximum atomic E-state index is 5.76. The number of nitrogens with zero attached hydrogens (tertiary/aromatic N) is 1. The van der Waals surface area contributed by atoms with Crippen molar-refractivity contribution in [2.75, 3.05) is 11.1 Å². The smallest absolute Gasteiger partial charge is 0.188 e. The van der Waals surface area contributed by atoms with Gasteiger partial charge in [-0.15, -0.1) is 0 Å². The standard InChI is InChI=1S/C13H10IN3S/c14-8-2-1-3-10(6-8)16-13-17-11-5-4-9(15)7-12(11)18-13/h1-7H,15H2,(H,16,17). The lowest BCUT2D eigenvalue weighted by molar-refractivity contribution is 1.44. The minimum absolute atomic E-state index is 0.770. The average Bonchev–Trinajstić information content (AvgIpc) is 2.70. The topological polar surface area (TPSA) is 50.9 Å². The molecule has 0 unspecified atom stereocenters. The van der Waals surface area contributed by atoms with Crippen LogP contribution in [0.15, 0.2) is 42.5 Å². The van der Waals surface area contributed by atoms with E-state index in [1.54, 1.807) is 11.3 Å². The van der Waals surface area contributed by atoms with Crippen molar-refractivity contribution >= 4 is 60.7 Å². The number of rotatable bonds is 2. The Labute approximate surface area is 122 Å². The Hall–Kier alpha value is -1.34. The number of aromatic nitrogens is 1. The number of nitrogens with two attached hydrogens (primary N) is 1. The largest absolute Gasteiger partial charge is 0.399 e. The summed E-state index contributed by atoms with van der Waals surface area (Å²) < 4.78 is 2.30. The van der Waals surface area contributed by atoms with E-state index in [0.717, 1.165) is 26.7 Å². The SMILES string of the molecule is Nc1ccc2nc(Nc3cccc(I)c3)sc2c1. The molecule has 2 aromatic carbocycles. The van der Waals surface area contributed by atoms with Gasteiger partial charge in [0.25, 0.3) is 0 Å². The molecule has 0 aliphatic heterocycles. The molecule has 5 heteroatoms. The van der Waals surface area contributed by atoms with Crippen molar-refractivity contribution in [1.29, 1.82) is 0 Å². The Morgan fingerprint density at radius 1 is 1.17 bits per heavy atom. The molecular weight excluding hydrogens is 357 g/mol. The van der Waals surface area contributed by atoms with E-state index in [0.29, 0.717) is 0 Å². The molecule has 3 aromatic rings. The Bertz CT molecular complexity index is 708. The van der Waals surface area contributed by atoms with Crippen LogP contribution in [0.1, 0.15) is 0 Å². The van der Waals surface area contributed by atoms with Crippen LogP contribution in [0, 0.1) is 3.57 Å². The van der Waals surface area contributed by atoms with Crippen LogP contribution in [-0.2, 0) is 0 Å². The maximum absolute atomic E-state index is 5.76. The lowest BCUT2D eigenvalue weighted by Gasteiger charge is -2.01. The Balaban J connectivity index is 1.95. The van der Waals surface area contributed by atoms with Crippen LogP contribution in [0.25, 0.3) is 10.2 Å². The number of benzene rings is 2. The van der Waals surface area contributed by atoms with Crippen molar-refractivity contribution in [1.82, 2.24) is 4.98 Å². The monoisotopic (exact) mass is 367 g/mol. The van der Waals surface area contributed by atoms with E-state index in [2.05, 4.69) is 45.0 Å². The number of hydrogen-bond donors (Lipinski definition) is 2. The molecule has 1 aromatic heterocycles. The quantitative estimate of drug-likeness (QED) is 0.527. The van der Waals surface area contributed by atoms with Crippen LogP contribution in [0.5, 0.6) is 0 Å². The second kappa shape index (κ2) is 4.74. The average molecular weight is 367 g/mol. The fourth-order valence-corrected chi connectivity index (χ4v) is 3.16. The minimum atomic E-state index is 0.770. The van der Waals surface area contributed by atoms with E-state index in [1.807, 2.05) is 30.3 Å². The first-order chi connectivity index (χ1) is 8.70. The summed E-state index contributed by atoms with van der Waals surface area (Å²) in [7, 11) is 0. The number of halogens is 1. The fraction of sp³-hybridized carbons (Fsp3) is 0. The number of thiazole rings is 1. The van der Waals surface area contributed by atoms with Crippen LogP contribution in [0.3, 0.4) is 0 Å². The lowest BCUT2D eigenvalue weighted by atomic mass is 10.3. The van der Waals surface area contributed by atoms with Crippen LogP contribution < -0.4 is 11.1 Å². The van der Waals surface area contributed by atoms with Crippen molar-refractivity contribution in [2.24, 2.45) is 0 Å². The number of hydrogen-bond acceptors (Lipinski definition) is 4. The molecular formula is C13H10IN3S. The molecule has 0 aliphatic carbocycles. The summed E-state index contributed by atoms with van der Waals surface area (Å²) in [5.74, 6) is 0. The second-order valence-electron chi connectivity index (χ2n) is 3.88. The first kappa shape index (κ1) is 11.7. The molecule has 0 atom stereocenters. The highest BCUT2D eigenvalue weighted by Gasteiger charge is 2.04. The minimum Gasteiger partial charge on any atom is -0.399 e. The summed E-state index contributed by atoms with van der Waals surface area (Å²) in [5, 5.41) is 4.20. The predicted octanol–water partition coefficient (Wildman–Crippen LogP) is 4.23. The molecule has 1 heterocycles. The van der Waals surface area contributed by atoms with Crippen molar-refractivity contribution < 1.29 is 0 Å². The summed E-state index contributed by atoms with van der Waals surface area (Å²) >= 11 is 3.90. The summed E-state index contributed by atoms with van der Waals surface area (Å²) in [4.78, 5) is 4.53. The highest BCUT2D eigenvalue weighted by Crippen LogP contribution is 2.29. The van der Waals surface area contributed by atoms with E-state index in [-0.39, 0.29) is 0 Å². The van der Waals surface area contributed by atoms with Crippen molar-refractivity contribution in [3.05, 3.63) is 46.0 Å². The van der Waals surface area contributed by atoms with Gasteiger partial charge in [-0.1, -0.05) is 17.4 Å². The fourth-order valence-electron chi connectivity index (χ4n) is 1.68. The molecule has 0 saturated heterocycles. The lowest BCUT2D eigenvalue weighted by Crippen LogP contribution is -1.88. The van der Waals surface area contributed by atoms with E-state index in [9.17, 15) is 0 Å². The zero-order valence-electron chi connectivity index (χ0n) is 9.35. The first-order valence-electron chi connectivity index (χ1n) is 5.39. The Morgan fingerprint density at radius 2 is 2.06 bits per heavy atom. The van der Waals surface area contributed by atoms with Crippen LogP contribution >= 0.6 is 33.9 Å². The van der Waals surface area contributed by atoms with Crippen LogP contribution in [0.4, 0.5) is 16.5 Å². The molecule has 0 bridgehead atoms. The van der Waals surface area contributed by atoms with Crippen LogP contribution in [-0.4, -0.2) is 4.98 Å². The third-order valence-electron chi connectivity index (χ3n) is 2.49. The van der Waals surface area contributed by atoms with Gasteiger partial charge in [-0.3, -0.25) is 0 Å². The summed E-state index contributed by atoms with van der Waals surface area (Å²) in [6.07, 6.45) is 0. The molecule has 0 aliphatic rings.